The van der Waals surface area contributed by atoms with Gasteiger partial charge in [-0.3, -0.25) is 0 Å². The molecular weight excluding hydrogens is 278 g/mol. The summed E-state index contributed by atoms with van der Waals surface area (Å²) in [6.07, 6.45) is 0. The lowest BCUT2D eigenvalue weighted by Crippen LogP contribution is -2.35. The van der Waals surface area contributed by atoms with Gasteiger partial charge in [0.2, 0.25) is 5.69 Å². The van der Waals surface area contributed by atoms with Crippen molar-refractivity contribution >= 4 is 21.5 Å². The van der Waals surface area contributed by atoms with Gasteiger partial charge >= 0.3 is 0 Å². The number of hydrogen-bond acceptors (Lipinski definition) is 0. The maximum absolute atomic E-state index is 8.60. The fraction of sp³-hybridized carbons (Fsp3) is 0.136. The minimum absolute atomic E-state index is 0.607. The van der Waals surface area contributed by atoms with Crippen LogP contribution >= 0.6 is 0 Å². The molecule has 23 heavy (non-hydrogen) atoms. The highest BCUT2D eigenvalue weighted by molar-refractivity contribution is 6.12. The number of hydrogen-bond donors (Lipinski definition) is 0. The van der Waals surface area contributed by atoms with E-state index in [0.29, 0.717) is 6.04 Å². The van der Waals surface area contributed by atoms with Crippen molar-refractivity contribution in [2.45, 2.75) is 13.8 Å². The topological polar surface area (TPSA) is 3.88 Å². The molecule has 0 fully saturated rings. The molecule has 0 saturated carbocycles. The van der Waals surface area contributed by atoms with Crippen molar-refractivity contribution in [2.75, 3.05) is 0 Å². The van der Waals surface area contributed by atoms with Crippen molar-refractivity contribution in [3.05, 3.63) is 78.0 Å². The number of aromatic nitrogens is 1. The third-order valence-corrected chi connectivity index (χ3v) is 4.72. The summed E-state index contributed by atoms with van der Waals surface area (Å²) >= 11 is 0. The van der Waals surface area contributed by atoms with Crippen molar-refractivity contribution in [3.8, 4) is 11.3 Å². The van der Waals surface area contributed by atoms with E-state index in [1.165, 1.54) is 33.0 Å². The molecular formula is C22H20N+. The first-order valence-electron chi connectivity index (χ1n) is 8.46. The standard InChI is InChI=1S/C22H20N/c1-15-8-4-6-10-19(15)22-21-18(14-16(2)23(22)3)13-12-17-9-5-7-11-20(17)21/h4-14H,1-3H3/q+1/i14D. The number of nitrogens with zero attached hydrogens (tertiary/aromatic N) is 1. The second-order valence-corrected chi connectivity index (χ2v) is 6.14. The molecule has 1 aromatic heterocycles. The predicted octanol–water partition coefficient (Wildman–Crippen LogP) is 5.10. The maximum atomic E-state index is 8.60. The van der Waals surface area contributed by atoms with Crippen LogP contribution < -0.4 is 4.57 Å². The van der Waals surface area contributed by atoms with Crippen LogP contribution in [-0.4, -0.2) is 0 Å². The van der Waals surface area contributed by atoms with E-state index >= 15 is 0 Å². The second kappa shape index (κ2) is 5.20. The Hall–Kier alpha value is -2.67. The molecule has 0 spiro atoms. The normalized spacial score (nSPS) is 11.9. The third-order valence-electron chi connectivity index (χ3n) is 4.72. The molecule has 4 aromatic rings. The molecule has 112 valence electrons. The minimum Gasteiger partial charge on any atom is -0.198 e. The summed E-state index contributed by atoms with van der Waals surface area (Å²) in [5.74, 6) is 0. The van der Waals surface area contributed by atoms with Gasteiger partial charge in [-0.2, -0.15) is 4.57 Å². The smallest absolute Gasteiger partial charge is 0.198 e. The lowest BCUT2D eigenvalue weighted by atomic mass is 9.95. The molecule has 0 N–H and O–H groups in total. The van der Waals surface area contributed by atoms with E-state index in [-0.39, 0.29) is 0 Å². The third kappa shape index (κ3) is 2.12. The Morgan fingerprint density at radius 1 is 0.826 bits per heavy atom. The first kappa shape index (κ1) is 12.8. The molecule has 3 aromatic carbocycles. The van der Waals surface area contributed by atoms with E-state index < -0.39 is 0 Å². The fourth-order valence-corrected chi connectivity index (χ4v) is 3.40. The van der Waals surface area contributed by atoms with Crippen LogP contribution in [0.25, 0.3) is 32.8 Å². The monoisotopic (exact) mass is 299 g/mol. The van der Waals surface area contributed by atoms with Crippen molar-refractivity contribution < 1.29 is 5.94 Å². The van der Waals surface area contributed by atoms with Crippen LogP contribution in [-0.2, 0) is 7.05 Å². The lowest BCUT2D eigenvalue weighted by Gasteiger charge is -2.12. The van der Waals surface area contributed by atoms with Gasteiger partial charge in [0.1, 0.15) is 7.05 Å². The van der Waals surface area contributed by atoms with E-state index in [0.717, 1.165) is 11.1 Å². The van der Waals surface area contributed by atoms with Gasteiger partial charge in [0, 0.05) is 18.5 Å². The average Bonchev–Trinajstić information content (AvgIpc) is 2.61. The van der Waals surface area contributed by atoms with E-state index in [4.69, 9.17) is 1.37 Å². The highest BCUT2D eigenvalue weighted by Gasteiger charge is 2.20. The summed E-state index contributed by atoms with van der Waals surface area (Å²) in [6, 6.07) is 21.7. The number of rotatable bonds is 1. The van der Waals surface area contributed by atoms with Gasteiger partial charge in [-0.15, -0.1) is 0 Å². The van der Waals surface area contributed by atoms with Gasteiger partial charge in [0.25, 0.3) is 0 Å². The summed E-state index contributed by atoms with van der Waals surface area (Å²) in [5.41, 5.74) is 4.65. The summed E-state index contributed by atoms with van der Waals surface area (Å²) in [5, 5.41) is 4.60. The summed E-state index contributed by atoms with van der Waals surface area (Å²) in [4.78, 5) is 0. The average molecular weight is 299 g/mol. The zero-order valence-corrected chi connectivity index (χ0v) is 13.7. The molecule has 0 aliphatic carbocycles. The van der Waals surface area contributed by atoms with E-state index in [1.807, 2.05) is 6.92 Å². The molecule has 1 nitrogen and oxygen atoms in total. The van der Waals surface area contributed by atoms with Gasteiger partial charge in [0.05, 0.1) is 6.76 Å². The molecule has 1 heteroatoms. The van der Waals surface area contributed by atoms with Gasteiger partial charge in [-0.25, -0.2) is 0 Å². The molecule has 0 bridgehead atoms. The lowest BCUT2D eigenvalue weighted by molar-refractivity contribution is -0.665. The van der Waals surface area contributed by atoms with Gasteiger partial charge < -0.3 is 0 Å². The quantitative estimate of drug-likeness (QED) is 0.340. The molecule has 0 radical (unpaired) electrons. The van der Waals surface area contributed by atoms with Gasteiger partial charge in [-0.05, 0) is 34.7 Å². The predicted molar refractivity (Wildman–Crippen MR) is 97.5 cm³/mol. The van der Waals surface area contributed by atoms with Crippen molar-refractivity contribution in [3.63, 3.8) is 0 Å². The Morgan fingerprint density at radius 2 is 1.52 bits per heavy atom. The van der Waals surface area contributed by atoms with Crippen LogP contribution in [0.4, 0.5) is 0 Å². The Kier molecular flexibility index (Phi) is 2.90. The molecule has 0 unspecified atom stereocenters. The SMILES string of the molecule is [2H]c1c(C)[n+](C)c(-c2ccccc2C)c2c1ccc1ccccc12. The Balaban J connectivity index is 2.31. The van der Waals surface area contributed by atoms with Crippen LogP contribution in [0.2, 0.25) is 0 Å². The maximum Gasteiger partial charge on any atom is 0.221 e. The van der Waals surface area contributed by atoms with Gasteiger partial charge in [0.15, 0.2) is 5.69 Å². The minimum atomic E-state index is 0.607. The number of aryl methyl sites for hydroxylation is 1. The molecule has 4 rings (SSSR count). The molecule has 0 saturated heterocycles. The van der Waals surface area contributed by atoms with Gasteiger partial charge in [-0.1, -0.05) is 54.6 Å². The summed E-state index contributed by atoms with van der Waals surface area (Å²) in [6.45, 7) is 4.18. The van der Waals surface area contributed by atoms with Crippen LogP contribution in [0.3, 0.4) is 0 Å². The van der Waals surface area contributed by atoms with Crippen LogP contribution in [0.15, 0.2) is 66.7 Å². The highest BCUT2D eigenvalue weighted by atomic mass is 14.9. The molecule has 0 atom stereocenters. The first-order valence-corrected chi connectivity index (χ1v) is 7.96. The molecule has 0 aliphatic heterocycles. The summed E-state index contributed by atoms with van der Waals surface area (Å²) < 4.78 is 10.8. The van der Waals surface area contributed by atoms with E-state index in [1.54, 1.807) is 0 Å². The Morgan fingerprint density at radius 3 is 2.35 bits per heavy atom. The number of fused-ring (bicyclic) bond motifs is 3. The first-order chi connectivity index (χ1) is 11.6. The zero-order chi connectivity index (χ0) is 16.8. The van der Waals surface area contributed by atoms with Crippen molar-refractivity contribution in [2.24, 2.45) is 7.05 Å². The summed E-state index contributed by atoms with van der Waals surface area (Å²) in [7, 11) is 2.07. The van der Waals surface area contributed by atoms with Crippen LogP contribution in [0, 0.1) is 13.8 Å². The van der Waals surface area contributed by atoms with Crippen molar-refractivity contribution in [1.29, 1.82) is 0 Å². The molecule has 1 heterocycles. The second-order valence-electron chi connectivity index (χ2n) is 6.14. The van der Waals surface area contributed by atoms with Crippen molar-refractivity contribution in [1.82, 2.24) is 0 Å². The van der Waals surface area contributed by atoms with E-state index in [2.05, 4.69) is 79.2 Å². The fourth-order valence-electron chi connectivity index (χ4n) is 3.40. The highest BCUT2D eigenvalue weighted by Crippen LogP contribution is 2.33. The van der Waals surface area contributed by atoms with Crippen LogP contribution in [0.1, 0.15) is 12.6 Å². The Labute approximate surface area is 138 Å². The van der Waals surface area contributed by atoms with E-state index in [9.17, 15) is 0 Å². The largest absolute Gasteiger partial charge is 0.221 e. The molecule has 0 amide bonds. The zero-order valence-electron chi connectivity index (χ0n) is 14.7. The molecule has 0 aliphatic rings. The number of pyridine rings is 1. The van der Waals surface area contributed by atoms with Crippen LogP contribution in [0.5, 0.6) is 0 Å². The number of benzene rings is 3. The Bertz CT molecular complexity index is 1100.